The van der Waals surface area contributed by atoms with Gasteiger partial charge in [-0.25, -0.2) is 9.38 Å². The van der Waals surface area contributed by atoms with Crippen LogP contribution in [0.5, 0.6) is 0 Å². The molecule has 2 rings (SSSR count). The number of nitrogens with one attached hydrogen (secondary N) is 1. The van der Waals surface area contributed by atoms with Gasteiger partial charge in [-0.05, 0) is 37.5 Å². The van der Waals surface area contributed by atoms with Gasteiger partial charge < -0.3 is 11.1 Å². The minimum atomic E-state index is -0.311. The first-order chi connectivity index (χ1) is 7.15. The van der Waals surface area contributed by atoms with Crippen LogP contribution in [-0.2, 0) is 0 Å². The first-order valence-electron chi connectivity index (χ1n) is 5.01. The van der Waals surface area contributed by atoms with Crippen molar-refractivity contribution in [3.63, 3.8) is 0 Å². The maximum Gasteiger partial charge on any atom is 0.193 e. The largest absolute Gasteiger partial charge is 0.370 e. The molecule has 0 aromatic heterocycles. The summed E-state index contributed by atoms with van der Waals surface area (Å²) in [4.78, 5) is 4.17. The number of nitrogens with two attached hydrogens (primary N) is 1. The third-order valence-electron chi connectivity index (χ3n) is 2.25. The van der Waals surface area contributed by atoms with E-state index in [4.69, 9.17) is 5.73 Å². The van der Waals surface area contributed by atoms with E-state index in [1.165, 1.54) is 6.07 Å². The maximum absolute atomic E-state index is 13.3. The Balaban J connectivity index is 2.11. The average Bonchev–Trinajstić information content (AvgIpc) is 2.95. The number of benzene rings is 1. The normalized spacial score (nSPS) is 16.5. The van der Waals surface area contributed by atoms with Crippen LogP contribution in [0.15, 0.2) is 23.2 Å². The van der Waals surface area contributed by atoms with E-state index >= 15 is 0 Å². The van der Waals surface area contributed by atoms with Crippen molar-refractivity contribution in [3.05, 3.63) is 29.6 Å². The van der Waals surface area contributed by atoms with Crippen LogP contribution >= 0.6 is 0 Å². The van der Waals surface area contributed by atoms with Gasteiger partial charge in [0.25, 0.3) is 0 Å². The lowest BCUT2D eigenvalue weighted by molar-refractivity contribution is 0.631. The number of hydrogen-bond acceptors (Lipinski definition) is 1. The molecule has 0 spiro atoms. The standard InChI is InChI=1S/C11H14FN3/c1-7-2-5-9(12)10(6-7)15-11(13)14-8-3-4-8/h2,5-6,8H,3-4H2,1H3,(H3,13,14,15). The predicted octanol–water partition coefficient (Wildman–Crippen LogP) is 2.02. The first kappa shape index (κ1) is 9.96. The van der Waals surface area contributed by atoms with Crippen molar-refractivity contribution < 1.29 is 4.39 Å². The van der Waals surface area contributed by atoms with Gasteiger partial charge >= 0.3 is 0 Å². The summed E-state index contributed by atoms with van der Waals surface area (Å²) in [5, 5.41) is 2.78. The van der Waals surface area contributed by atoms with Crippen LogP contribution in [0, 0.1) is 12.7 Å². The van der Waals surface area contributed by atoms with Crippen LogP contribution in [0.1, 0.15) is 18.4 Å². The second-order valence-electron chi connectivity index (χ2n) is 3.85. The molecule has 1 saturated carbocycles. The molecule has 0 unspecified atom stereocenters. The molecule has 0 radical (unpaired) electrons. The summed E-state index contributed by atoms with van der Waals surface area (Å²) in [6, 6.07) is 5.19. The van der Waals surface area contributed by atoms with Crippen molar-refractivity contribution in [2.75, 3.05) is 5.32 Å². The maximum atomic E-state index is 13.3. The second-order valence-corrected chi connectivity index (χ2v) is 3.85. The summed E-state index contributed by atoms with van der Waals surface area (Å²) in [6.07, 6.45) is 2.16. The molecule has 3 N–H and O–H groups in total. The molecule has 1 aromatic carbocycles. The van der Waals surface area contributed by atoms with E-state index in [9.17, 15) is 4.39 Å². The van der Waals surface area contributed by atoms with Crippen molar-refractivity contribution in [1.29, 1.82) is 0 Å². The molecule has 15 heavy (non-hydrogen) atoms. The monoisotopic (exact) mass is 207 g/mol. The Hall–Kier alpha value is -1.58. The van der Waals surface area contributed by atoms with Crippen LogP contribution in [0.4, 0.5) is 10.1 Å². The smallest absolute Gasteiger partial charge is 0.193 e. The minimum Gasteiger partial charge on any atom is -0.370 e. The molecule has 80 valence electrons. The Kier molecular flexibility index (Phi) is 2.58. The average molecular weight is 207 g/mol. The van der Waals surface area contributed by atoms with Gasteiger partial charge in [0.2, 0.25) is 0 Å². The van der Waals surface area contributed by atoms with Crippen molar-refractivity contribution in [2.45, 2.75) is 25.8 Å². The fourth-order valence-electron chi connectivity index (χ4n) is 1.31. The molecule has 1 aliphatic carbocycles. The van der Waals surface area contributed by atoms with Gasteiger partial charge in [0.15, 0.2) is 5.96 Å². The Morgan fingerprint density at radius 1 is 1.53 bits per heavy atom. The lowest BCUT2D eigenvalue weighted by Gasteiger charge is -2.07. The van der Waals surface area contributed by atoms with Crippen LogP contribution in [0.2, 0.25) is 0 Å². The number of rotatable bonds is 2. The number of nitrogens with zero attached hydrogens (tertiary/aromatic N) is 1. The third kappa shape index (κ3) is 2.68. The molecule has 0 saturated heterocycles. The van der Waals surface area contributed by atoms with Gasteiger partial charge in [-0.2, -0.15) is 0 Å². The second kappa shape index (κ2) is 3.88. The Morgan fingerprint density at radius 3 is 2.93 bits per heavy atom. The summed E-state index contributed by atoms with van der Waals surface area (Å²) >= 11 is 0. The molecule has 0 bridgehead atoms. The molecule has 1 fully saturated rings. The van der Waals surface area contributed by atoms with E-state index in [0.29, 0.717) is 17.7 Å². The predicted molar refractivity (Wildman–Crippen MR) is 59.4 cm³/mol. The minimum absolute atomic E-state index is 0.294. The molecule has 1 aliphatic rings. The topological polar surface area (TPSA) is 50.4 Å². The Labute approximate surface area is 88.2 Å². The van der Waals surface area contributed by atoms with E-state index in [1.54, 1.807) is 12.1 Å². The first-order valence-corrected chi connectivity index (χ1v) is 5.01. The van der Waals surface area contributed by atoms with Crippen LogP contribution in [0.3, 0.4) is 0 Å². The molecular weight excluding hydrogens is 193 g/mol. The van der Waals surface area contributed by atoms with E-state index in [2.05, 4.69) is 10.3 Å². The van der Waals surface area contributed by atoms with Crippen LogP contribution in [-0.4, -0.2) is 12.0 Å². The van der Waals surface area contributed by atoms with Gasteiger partial charge in [0.1, 0.15) is 5.82 Å². The molecular formula is C11H14FN3. The SMILES string of the molecule is Cc1ccc(F)c(NC(N)=NC2CC2)c1. The Morgan fingerprint density at radius 2 is 2.27 bits per heavy atom. The zero-order valence-corrected chi connectivity index (χ0v) is 8.63. The van der Waals surface area contributed by atoms with E-state index in [-0.39, 0.29) is 5.82 Å². The van der Waals surface area contributed by atoms with Gasteiger partial charge in [-0.15, -0.1) is 0 Å². The number of halogens is 1. The summed E-state index contributed by atoms with van der Waals surface area (Å²) in [7, 11) is 0. The quantitative estimate of drug-likeness (QED) is 0.576. The molecule has 0 aliphatic heterocycles. The molecule has 0 heterocycles. The summed E-state index contributed by atoms with van der Waals surface area (Å²) in [6.45, 7) is 1.90. The molecule has 4 heteroatoms. The number of anilines is 1. The van der Waals surface area contributed by atoms with Crippen LogP contribution < -0.4 is 11.1 Å². The molecule has 3 nitrogen and oxygen atoms in total. The summed E-state index contributed by atoms with van der Waals surface area (Å²) in [5.41, 5.74) is 7.01. The summed E-state index contributed by atoms with van der Waals surface area (Å²) in [5.74, 6) is -0.0171. The molecule has 0 amide bonds. The molecule has 0 atom stereocenters. The summed E-state index contributed by atoms with van der Waals surface area (Å²) < 4.78 is 13.3. The van der Waals surface area contributed by atoms with Gasteiger partial charge in [0, 0.05) is 0 Å². The van der Waals surface area contributed by atoms with Crippen molar-refractivity contribution in [2.24, 2.45) is 10.7 Å². The number of guanidine groups is 1. The zero-order valence-electron chi connectivity index (χ0n) is 8.63. The van der Waals surface area contributed by atoms with Gasteiger partial charge in [0.05, 0.1) is 11.7 Å². The van der Waals surface area contributed by atoms with E-state index in [1.807, 2.05) is 6.92 Å². The number of aliphatic imine (C=N–C) groups is 1. The van der Waals surface area contributed by atoms with Gasteiger partial charge in [-0.3, -0.25) is 0 Å². The van der Waals surface area contributed by atoms with Crippen molar-refractivity contribution in [3.8, 4) is 0 Å². The highest BCUT2D eigenvalue weighted by molar-refractivity contribution is 5.92. The molecule has 1 aromatic rings. The van der Waals surface area contributed by atoms with E-state index < -0.39 is 0 Å². The number of hydrogen-bond donors (Lipinski definition) is 2. The van der Waals surface area contributed by atoms with Crippen molar-refractivity contribution in [1.82, 2.24) is 0 Å². The highest BCUT2D eigenvalue weighted by atomic mass is 19.1. The van der Waals surface area contributed by atoms with Crippen LogP contribution in [0.25, 0.3) is 0 Å². The number of aryl methyl sites for hydroxylation is 1. The van der Waals surface area contributed by atoms with Crippen molar-refractivity contribution >= 4 is 11.6 Å². The third-order valence-corrected chi connectivity index (χ3v) is 2.25. The fraction of sp³-hybridized carbons (Fsp3) is 0.364. The fourth-order valence-corrected chi connectivity index (χ4v) is 1.31. The lowest BCUT2D eigenvalue weighted by Crippen LogP contribution is -2.23. The lowest BCUT2D eigenvalue weighted by atomic mass is 10.2. The highest BCUT2D eigenvalue weighted by Crippen LogP contribution is 2.23. The Bertz CT molecular complexity index is 397. The van der Waals surface area contributed by atoms with Gasteiger partial charge in [-0.1, -0.05) is 6.07 Å². The zero-order chi connectivity index (χ0) is 10.8. The van der Waals surface area contributed by atoms with E-state index in [0.717, 1.165) is 18.4 Å². The highest BCUT2D eigenvalue weighted by Gasteiger charge is 2.20.